The van der Waals surface area contributed by atoms with E-state index in [1.165, 1.54) is 12.1 Å². The van der Waals surface area contributed by atoms with Gasteiger partial charge in [-0.1, -0.05) is 17.7 Å². The van der Waals surface area contributed by atoms with E-state index in [0.717, 1.165) is 5.56 Å². The maximum absolute atomic E-state index is 12.3. The largest absolute Gasteiger partial charge is 0.297 e. The molecule has 7 heteroatoms. The summed E-state index contributed by atoms with van der Waals surface area (Å²) in [4.78, 5) is 10.8. The fourth-order valence-corrected chi connectivity index (χ4v) is 4.65. The van der Waals surface area contributed by atoms with Crippen LogP contribution in [0.25, 0.3) is 0 Å². The molecule has 2 saturated carbocycles. The third-order valence-corrected chi connectivity index (χ3v) is 5.90. The number of fused-ring (bicyclic) bond motifs is 2. The molecule has 2 bridgehead atoms. The van der Waals surface area contributed by atoms with Crippen LogP contribution in [0.5, 0.6) is 0 Å². The number of rotatable bonds is 4. The molecule has 2 fully saturated rings. The van der Waals surface area contributed by atoms with Crippen molar-refractivity contribution in [3.8, 4) is 0 Å². The summed E-state index contributed by atoms with van der Waals surface area (Å²) in [6, 6.07) is 5.75. The van der Waals surface area contributed by atoms with Crippen LogP contribution in [0.2, 0.25) is 0 Å². The molecule has 1 aromatic carbocycles. The van der Waals surface area contributed by atoms with Gasteiger partial charge in [0, 0.05) is 11.3 Å². The molecule has 114 valence electrons. The minimum atomic E-state index is -3.85. The number of hydrogen-bond acceptors (Lipinski definition) is 5. The molecule has 2 aliphatic carbocycles. The Morgan fingerprint density at radius 3 is 2.43 bits per heavy atom. The SMILES string of the molecule is Cc1ccc(S(=O)(=O)O[C@@H]2C[C@H]3C[C@@H]2[C@H]([N+](=O)[O-])C3)cc1. The van der Waals surface area contributed by atoms with Crippen LogP contribution in [0.3, 0.4) is 0 Å². The predicted octanol–water partition coefficient (Wildman–Crippen LogP) is 2.14. The third kappa shape index (κ3) is 2.67. The van der Waals surface area contributed by atoms with E-state index < -0.39 is 22.3 Å². The lowest BCUT2D eigenvalue weighted by Crippen LogP contribution is -2.37. The Morgan fingerprint density at radius 2 is 1.86 bits per heavy atom. The van der Waals surface area contributed by atoms with Crippen molar-refractivity contribution in [2.45, 2.75) is 43.2 Å². The Hall–Kier alpha value is -1.47. The highest BCUT2D eigenvalue weighted by Gasteiger charge is 2.54. The van der Waals surface area contributed by atoms with E-state index in [1.54, 1.807) is 12.1 Å². The van der Waals surface area contributed by atoms with Gasteiger partial charge in [-0.15, -0.1) is 0 Å². The fourth-order valence-electron chi connectivity index (χ4n) is 3.53. The van der Waals surface area contributed by atoms with E-state index >= 15 is 0 Å². The molecular formula is C14H17NO5S. The number of nitrogens with zero attached hydrogens (tertiary/aromatic N) is 1. The molecule has 0 aromatic heterocycles. The van der Waals surface area contributed by atoms with E-state index in [4.69, 9.17) is 4.18 Å². The summed E-state index contributed by atoms with van der Waals surface area (Å²) in [5.74, 6) is -0.0751. The van der Waals surface area contributed by atoms with Crippen molar-refractivity contribution >= 4 is 10.1 Å². The van der Waals surface area contributed by atoms with Crippen molar-refractivity contribution in [1.29, 1.82) is 0 Å². The molecule has 0 aliphatic heterocycles. The Labute approximate surface area is 123 Å². The first-order valence-corrected chi connectivity index (χ1v) is 8.41. The zero-order chi connectivity index (χ0) is 15.2. The first-order chi connectivity index (χ1) is 9.87. The van der Waals surface area contributed by atoms with Gasteiger partial charge >= 0.3 is 0 Å². The summed E-state index contributed by atoms with van der Waals surface area (Å²) in [6.45, 7) is 1.87. The van der Waals surface area contributed by atoms with Gasteiger partial charge in [-0.25, -0.2) is 0 Å². The zero-order valence-corrected chi connectivity index (χ0v) is 12.5. The van der Waals surface area contributed by atoms with Crippen molar-refractivity contribution < 1.29 is 17.5 Å². The molecule has 0 N–H and O–H groups in total. The number of benzene rings is 1. The second-order valence-corrected chi connectivity index (χ2v) is 7.56. The van der Waals surface area contributed by atoms with Crippen molar-refractivity contribution in [1.82, 2.24) is 0 Å². The van der Waals surface area contributed by atoms with E-state index in [-0.39, 0.29) is 21.7 Å². The molecule has 0 amide bonds. The van der Waals surface area contributed by atoms with E-state index in [9.17, 15) is 18.5 Å². The fraction of sp³-hybridized carbons (Fsp3) is 0.571. The zero-order valence-electron chi connectivity index (χ0n) is 11.6. The second kappa shape index (κ2) is 5.06. The second-order valence-electron chi connectivity index (χ2n) is 5.99. The molecular weight excluding hydrogens is 294 g/mol. The molecule has 6 nitrogen and oxygen atoms in total. The monoisotopic (exact) mass is 311 g/mol. The molecule has 0 saturated heterocycles. The number of nitro groups is 1. The van der Waals surface area contributed by atoms with E-state index in [2.05, 4.69) is 0 Å². The van der Waals surface area contributed by atoms with Crippen molar-refractivity contribution in [2.24, 2.45) is 11.8 Å². The van der Waals surface area contributed by atoms with Gasteiger partial charge in [-0.2, -0.15) is 8.42 Å². The van der Waals surface area contributed by atoms with Crippen LogP contribution >= 0.6 is 0 Å². The lowest BCUT2D eigenvalue weighted by atomic mass is 9.93. The molecule has 2 aliphatic rings. The van der Waals surface area contributed by atoms with Crippen molar-refractivity contribution in [2.75, 3.05) is 0 Å². The lowest BCUT2D eigenvalue weighted by Gasteiger charge is -2.24. The molecule has 1 aromatic rings. The standard InChI is InChI=1S/C14H17NO5S/c1-9-2-4-11(5-3-9)21(18,19)20-14-8-10-6-12(14)13(7-10)15(16)17/h2-5,10,12-14H,6-8H2,1H3/t10-,12+,13+,14+/m0/s1. The minimum absolute atomic E-state index is 0.105. The highest BCUT2D eigenvalue weighted by molar-refractivity contribution is 7.86. The highest BCUT2D eigenvalue weighted by Crippen LogP contribution is 2.47. The van der Waals surface area contributed by atoms with Crippen LogP contribution in [-0.4, -0.2) is 25.5 Å². The van der Waals surface area contributed by atoms with Crippen LogP contribution in [0.4, 0.5) is 0 Å². The summed E-state index contributed by atoms with van der Waals surface area (Å²) >= 11 is 0. The number of aryl methyl sites for hydroxylation is 1. The minimum Gasteiger partial charge on any atom is -0.264 e. The average molecular weight is 311 g/mol. The van der Waals surface area contributed by atoms with Gasteiger partial charge in [-0.05, 0) is 37.8 Å². The van der Waals surface area contributed by atoms with E-state index in [1.807, 2.05) is 6.92 Å². The molecule has 21 heavy (non-hydrogen) atoms. The molecule has 0 spiro atoms. The van der Waals surface area contributed by atoms with Gasteiger partial charge in [-0.3, -0.25) is 14.3 Å². The molecule has 0 unspecified atom stereocenters. The summed E-state index contributed by atoms with van der Waals surface area (Å²) in [7, 11) is -3.85. The first-order valence-electron chi connectivity index (χ1n) is 7.00. The van der Waals surface area contributed by atoms with Gasteiger partial charge < -0.3 is 0 Å². The first kappa shape index (κ1) is 14.5. The van der Waals surface area contributed by atoms with Crippen LogP contribution < -0.4 is 0 Å². The molecule has 3 rings (SSSR count). The van der Waals surface area contributed by atoms with Gasteiger partial charge in [0.15, 0.2) is 0 Å². The quantitative estimate of drug-likeness (QED) is 0.483. The van der Waals surface area contributed by atoms with Gasteiger partial charge in [0.2, 0.25) is 6.04 Å². The predicted molar refractivity (Wildman–Crippen MR) is 74.9 cm³/mol. The average Bonchev–Trinajstić information content (AvgIpc) is 2.98. The summed E-state index contributed by atoms with van der Waals surface area (Å²) < 4.78 is 29.8. The van der Waals surface area contributed by atoms with Crippen molar-refractivity contribution in [3.63, 3.8) is 0 Å². The summed E-state index contributed by atoms with van der Waals surface area (Å²) in [5, 5.41) is 11.0. The van der Waals surface area contributed by atoms with Crippen LogP contribution in [0, 0.1) is 28.9 Å². The van der Waals surface area contributed by atoms with Crippen LogP contribution in [0.15, 0.2) is 29.2 Å². The maximum Gasteiger partial charge on any atom is 0.297 e. The van der Waals surface area contributed by atoms with Gasteiger partial charge in [0.1, 0.15) is 0 Å². The van der Waals surface area contributed by atoms with Crippen molar-refractivity contribution in [3.05, 3.63) is 39.9 Å². The Bertz CT molecular complexity index is 654. The van der Waals surface area contributed by atoms with Gasteiger partial charge in [0.05, 0.1) is 16.9 Å². The Morgan fingerprint density at radius 1 is 1.19 bits per heavy atom. The normalized spacial score (nSPS) is 31.5. The number of hydrogen-bond donors (Lipinski definition) is 0. The Kier molecular flexibility index (Phi) is 3.49. The van der Waals surface area contributed by atoms with Crippen LogP contribution in [-0.2, 0) is 14.3 Å². The van der Waals surface area contributed by atoms with Gasteiger partial charge in [0.25, 0.3) is 10.1 Å². The highest BCUT2D eigenvalue weighted by atomic mass is 32.2. The molecule has 0 heterocycles. The smallest absolute Gasteiger partial charge is 0.264 e. The Balaban J connectivity index is 1.77. The van der Waals surface area contributed by atoms with Crippen LogP contribution in [0.1, 0.15) is 24.8 Å². The third-order valence-electron chi connectivity index (χ3n) is 4.55. The summed E-state index contributed by atoms with van der Waals surface area (Å²) in [6.07, 6.45) is 1.27. The molecule has 0 radical (unpaired) electrons. The maximum atomic E-state index is 12.3. The topological polar surface area (TPSA) is 86.5 Å². The molecule has 4 atom stereocenters. The lowest BCUT2D eigenvalue weighted by molar-refractivity contribution is -0.532. The van der Waals surface area contributed by atoms with E-state index in [0.29, 0.717) is 19.3 Å². The summed E-state index contributed by atoms with van der Waals surface area (Å²) in [5.41, 5.74) is 0.960.